The highest BCUT2D eigenvalue weighted by molar-refractivity contribution is 5.74. The monoisotopic (exact) mass is 186 g/mol. The van der Waals surface area contributed by atoms with Gasteiger partial charge in [-0.15, -0.1) is 0 Å². The highest BCUT2D eigenvalue weighted by Gasteiger charge is 2.07. The molecule has 0 saturated carbocycles. The lowest BCUT2D eigenvalue weighted by Crippen LogP contribution is -2.10. The molecule has 4 nitrogen and oxygen atoms in total. The number of nitrogens with zero attached hydrogens (tertiary/aromatic N) is 2. The summed E-state index contributed by atoms with van der Waals surface area (Å²) >= 11 is 0. The lowest BCUT2D eigenvalue weighted by atomic mass is 10.1. The number of hydrogen-bond donors (Lipinski definition) is 2. The summed E-state index contributed by atoms with van der Waals surface area (Å²) in [5.74, 6) is 0. The topological polar surface area (TPSA) is 78.5 Å². The van der Waals surface area contributed by atoms with Crippen LogP contribution in [0.4, 0.5) is 0 Å². The molecule has 0 amide bonds. The molecule has 0 aromatic carbocycles. The third-order valence-corrected chi connectivity index (χ3v) is 2.12. The van der Waals surface area contributed by atoms with Crippen LogP contribution in [0.1, 0.15) is 18.2 Å². The maximum atomic E-state index is 8.51. The van der Waals surface area contributed by atoms with E-state index in [1.807, 2.05) is 30.5 Å². The van der Waals surface area contributed by atoms with E-state index >= 15 is 0 Å². The predicted octanol–water partition coefficient (Wildman–Crippen LogP) is 1.48. The van der Waals surface area contributed by atoms with Crippen LogP contribution in [0.2, 0.25) is 0 Å². The number of aromatic amines is 1. The Morgan fingerprint density at radius 1 is 1.50 bits per heavy atom. The Morgan fingerprint density at radius 3 is 3.14 bits per heavy atom. The molecule has 14 heavy (non-hydrogen) atoms. The van der Waals surface area contributed by atoms with E-state index in [9.17, 15) is 0 Å². The molecule has 1 atom stereocenters. The standard InChI is InChI=1S/C10H10N4/c11-5-3-7(12)8-1-2-9-10(14-8)4-6-13-9/h1-2,4,6-7,13H,3,12H2/t7-/m1/s1. The number of fused-ring (bicyclic) bond motifs is 1. The second-order valence-electron chi connectivity index (χ2n) is 3.12. The number of hydrogen-bond acceptors (Lipinski definition) is 3. The van der Waals surface area contributed by atoms with Gasteiger partial charge >= 0.3 is 0 Å². The maximum Gasteiger partial charge on any atom is 0.0882 e. The van der Waals surface area contributed by atoms with Crippen molar-refractivity contribution in [1.29, 1.82) is 5.26 Å². The van der Waals surface area contributed by atoms with Crippen LogP contribution in [-0.2, 0) is 0 Å². The molecule has 0 radical (unpaired) electrons. The Kier molecular flexibility index (Phi) is 2.17. The summed E-state index contributed by atoms with van der Waals surface area (Å²) in [6.45, 7) is 0. The number of nitrogens with one attached hydrogen (secondary N) is 1. The minimum absolute atomic E-state index is 0.292. The smallest absolute Gasteiger partial charge is 0.0882 e. The van der Waals surface area contributed by atoms with Crippen LogP contribution >= 0.6 is 0 Å². The highest BCUT2D eigenvalue weighted by atomic mass is 14.8. The SMILES string of the molecule is N#CC[C@@H](N)c1ccc2[nH]ccc2n1. The fraction of sp³-hybridized carbons (Fsp3) is 0.200. The van der Waals surface area contributed by atoms with Crippen molar-refractivity contribution >= 4 is 11.0 Å². The zero-order valence-corrected chi connectivity index (χ0v) is 7.57. The van der Waals surface area contributed by atoms with Gasteiger partial charge in [0.1, 0.15) is 0 Å². The van der Waals surface area contributed by atoms with Crippen LogP contribution in [0, 0.1) is 11.3 Å². The van der Waals surface area contributed by atoms with Gasteiger partial charge in [0.05, 0.1) is 35.3 Å². The van der Waals surface area contributed by atoms with Crippen molar-refractivity contribution in [3.05, 3.63) is 30.1 Å². The lowest BCUT2D eigenvalue weighted by molar-refractivity contribution is 0.724. The van der Waals surface area contributed by atoms with E-state index in [1.54, 1.807) is 0 Å². The molecule has 0 saturated heterocycles. The van der Waals surface area contributed by atoms with Crippen molar-refractivity contribution in [2.24, 2.45) is 5.73 Å². The fourth-order valence-electron chi connectivity index (χ4n) is 1.36. The molecule has 3 N–H and O–H groups in total. The normalized spacial score (nSPS) is 12.6. The number of rotatable bonds is 2. The average molecular weight is 186 g/mol. The van der Waals surface area contributed by atoms with Crippen LogP contribution in [-0.4, -0.2) is 9.97 Å². The number of H-pyrrole nitrogens is 1. The van der Waals surface area contributed by atoms with E-state index in [-0.39, 0.29) is 6.04 Å². The molecule has 2 heterocycles. The average Bonchev–Trinajstić information content (AvgIpc) is 2.64. The van der Waals surface area contributed by atoms with Crippen molar-refractivity contribution in [3.8, 4) is 6.07 Å². The minimum atomic E-state index is -0.292. The van der Waals surface area contributed by atoms with Gasteiger partial charge in [0, 0.05) is 6.20 Å². The van der Waals surface area contributed by atoms with Gasteiger partial charge in [-0.2, -0.15) is 5.26 Å². The summed E-state index contributed by atoms with van der Waals surface area (Å²) in [4.78, 5) is 7.40. The number of aromatic nitrogens is 2. The molecule has 0 aliphatic carbocycles. The van der Waals surface area contributed by atoms with Crippen molar-refractivity contribution in [1.82, 2.24) is 9.97 Å². The molecule has 4 heteroatoms. The van der Waals surface area contributed by atoms with Crippen molar-refractivity contribution in [2.75, 3.05) is 0 Å². The summed E-state index contributed by atoms with van der Waals surface area (Å²) < 4.78 is 0. The van der Waals surface area contributed by atoms with E-state index in [0.717, 1.165) is 16.7 Å². The predicted molar refractivity (Wildman–Crippen MR) is 53.3 cm³/mol. The van der Waals surface area contributed by atoms with Crippen LogP contribution < -0.4 is 5.73 Å². The molecule has 0 spiro atoms. The van der Waals surface area contributed by atoms with Gasteiger partial charge in [-0.3, -0.25) is 0 Å². The molecule has 2 rings (SSSR count). The Morgan fingerprint density at radius 2 is 2.36 bits per heavy atom. The second kappa shape index (κ2) is 3.48. The van der Waals surface area contributed by atoms with Crippen LogP contribution in [0.15, 0.2) is 24.4 Å². The van der Waals surface area contributed by atoms with Crippen LogP contribution in [0.25, 0.3) is 11.0 Å². The first-order valence-corrected chi connectivity index (χ1v) is 4.38. The molecule has 2 aromatic heterocycles. The van der Waals surface area contributed by atoms with Gasteiger partial charge in [-0.1, -0.05) is 0 Å². The van der Waals surface area contributed by atoms with Crippen molar-refractivity contribution in [2.45, 2.75) is 12.5 Å². The largest absolute Gasteiger partial charge is 0.360 e. The fourth-order valence-corrected chi connectivity index (χ4v) is 1.36. The molecule has 0 aliphatic heterocycles. The van der Waals surface area contributed by atoms with Gasteiger partial charge in [0.25, 0.3) is 0 Å². The first-order valence-electron chi connectivity index (χ1n) is 4.38. The van der Waals surface area contributed by atoms with Gasteiger partial charge in [0.15, 0.2) is 0 Å². The first kappa shape index (κ1) is 8.73. The molecule has 0 fully saturated rings. The van der Waals surface area contributed by atoms with Crippen LogP contribution in [0.3, 0.4) is 0 Å². The Balaban J connectivity index is 2.39. The summed E-state index contributed by atoms with van der Waals surface area (Å²) in [6.07, 6.45) is 2.13. The Bertz CT molecular complexity index is 480. The quantitative estimate of drug-likeness (QED) is 0.745. The zero-order chi connectivity index (χ0) is 9.97. The molecule has 0 unspecified atom stereocenters. The minimum Gasteiger partial charge on any atom is -0.360 e. The molecular formula is C10H10N4. The summed E-state index contributed by atoms with van der Waals surface area (Å²) in [6, 6.07) is 7.40. The zero-order valence-electron chi connectivity index (χ0n) is 7.57. The Labute approximate surface area is 81.4 Å². The molecule has 0 bridgehead atoms. The highest BCUT2D eigenvalue weighted by Crippen LogP contribution is 2.15. The number of nitrogens with two attached hydrogens (primary N) is 1. The summed E-state index contributed by atoms with van der Waals surface area (Å²) in [7, 11) is 0. The van der Waals surface area contributed by atoms with E-state index < -0.39 is 0 Å². The summed E-state index contributed by atoms with van der Waals surface area (Å²) in [5.41, 5.74) is 8.40. The van der Waals surface area contributed by atoms with E-state index in [0.29, 0.717) is 6.42 Å². The summed E-state index contributed by atoms with van der Waals surface area (Å²) in [5, 5.41) is 8.51. The number of pyridine rings is 1. The molecule has 2 aromatic rings. The van der Waals surface area contributed by atoms with Gasteiger partial charge in [0.2, 0.25) is 0 Å². The number of nitriles is 1. The van der Waals surface area contributed by atoms with Crippen molar-refractivity contribution in [3.63, 3.8) is 0 Å². The molecule has 0 aliphatic rings. The second-order valence-corrected chi connectivity index (χ2v) is 3.12. The molecular weight excluding hydrogens is 176 g/mol. The van der Waals surface area contributed by atoms with Crippen molar-refractivity contribution < 1.29 is 0 Å². The van der Waals surface area contributed by atoms with Gasteiger partial charge < -0.3 is 10.7 Å². The van der Waals surface area contributed by atoms with Gasteiger partial charge in [-0.25, -0.2) is 4.98 Å². The van der Waals surface area contributed by atoms with E-state index in [1.165, 1.54) is 0 Å². The third kappa shape index (κ3) is 1.45. The Hall–Kier alpha value is -1.86. The maximum absolute atomic E-state index is 8.51. The van der Waals surface area contributed by atoms with E-state index in [2.05, 4.69) is 9.97 Å². The van der Waals surface area contributed by atoms with E-state index in [4.69, 9.17) is 11.0 Å². The van der Waals surface area contributed by atoms with Gasteiger partial charge in [-0.05, 0) is 18.2 Å². The lowest BCUT2D eigenvalue weighted by Gasteiger charge is -2.05. The molecule has 70 valence electrons. The van der Waals surface area contributed by atoms with Crippen LogP contribution in [0.5, 0.6) is 0 Å². The first-order chi connectivity index (χ1) is 6.81. The third-order valence-electron chi connectivity index (χ3n) is 2.12.